The Balaban J connectivity index is 1.62. The van der Waals surface area contributed by atoms with E-state index in [2.05, 4.69) is 15.5 Å². The summed E-state index contributed by atoms with van der Waals surface area (Å²) in [5.41, 5.74) is 1.84. The van der Waals surface area contributed by atoms with Crippen LogP contribution in [0.25, 0.3) is 11.4 Å². The normalized spacial score (nSPS) is 10.3. The van der Waals surface area contributed by atoms with Gasteiger partial charge in [-0.05, 0) is 49.4 Å². The summed E-state index contributed by atoms with van der Waals surface area (Å²) in [5, 5.41) is 20.2. The second kappa shape index (κ2) is 8.92. The predicted octanol–water partition coefficient (Wildman–Crippen LogP) is 2.66. The number of nitrogen functional groups attached to an aromatic ring is 1. The summed E-state index contributed by atoms with van der Waals surface area (Å²) < 4.78 is 6.77. The van der Waals surface area contributed by atoms with Crippen molar-refractivity contribution in [2.75, 3.05) is 23.5 Å². The highest BCUT2D eigenvalue weighted by Crippen LogP contribution is 2.24. The van der Waals surface area contributed by atoms with Crippen molar-refractivity contribution in [1.29, 1.82) is 5.26 Å². The van der Waals surface area contributed by atoms with Crippen LogP contribution in [0.3, 0.4) is 0 Å². The Morgan fingerprint density at radius 3 is 2.79 bits per heavy atom. The van der Waals surface area contributed by atoms with Crippen molar-refractivity contribution in [3.63, 3.8) is 0 Å². The molecule has 0 spiro atoms. The minimum Gasteiger partial charge on any atom is -0.494 e. The molecule has 0 saturated carbocycles. The summed E-state index contributed by atoms with van der Waals surface area (Å²) in [5.74, 6) is 7.21. The predicted molar refractivity (Wildman–Crippen MR) is 107 cm³/mol. The van der Waals surface area contributed by atoms with Crippen LogP contribution in [0.2, 0.25) is 0 Å². The van der Waals surface area contributed by atoms with Crippen LogP contribution in [-0.4, -0.2) is 33.1 Å². The number of aromatic nitrogens is 3. The van der Waals surface area contributed by atoms with Crippen molar-refractivity contribution in [2.45, 2.75) is 12.1 Å². The fourth-order valence-electron chi connectivity index (χ4n) is 2.43. The van der Waals surface area contributed by atoms with Gasteiger partial charge in [0.2, 0.25) is 11.1 Å². The molecule has 1 heterocycles. The molecule has 3 N–H and O–H groups in total. The van der Waals surface area contributed by atoms with E-state index in [9.17, 15) is 4.79 Å². The minimum atomic E-state index is -0.231. The van der Waals surface area contributed by atoms with Crippen molar-refractivity contribution in [1.82, 2.24) is 14.9 Å². The van der Waals surface area contributed by atoms with E-state index in [1.165, 1.54) is 16.4 Å². The zero-order valence-electron chi connectivity index (χ0n) is 15.1. The van der Waals surface area contributed by atoms with Gasteiger partial charge in [0.15, 0.2) is 5.82 Å². The lowest BCUT2D eigenvalue weighted by atomic mass is 10.2. The second-order valence-electron chi connectivity index (χ2n) is 5.66. The molecule has 8 nitrogen and oxygen atoms in total. The van der Waals surface area contributed by atoms with E-state index in [4.69, 9.17) is 15.8 Å². The average Bonchev–Trinajstić information content (AvgIpc) is 3.08. The first-order chi connectivity index (χ1) is 13.6. The highest BCUT2D eigenvalue weighted by Gasteiger charge is 2.14. The Morgan fingerprint density at radius 2 is 2.07 bits per heavy atom. The highest BCUT2D eigenvalue weighted by atomic mass is 32.2. The summed E-state index contributed by atoms with van der Waals surface area (Å²) in [4.78, 5) is 12.1. The smallest absolute Gasteiger partial charge is 0.234 e. The molecule has 0 aliphatic carbocycles. The van der Waals surface area contributed by atoms with Crippen molar-refractivity contribution < 1.29 is 9.53 Å². The summed E-state index contributed by atoms with van der Waals surface area (Å²) >= 11 is 1.17. The van der Waals surface area contributed by atoms with Crippen LogP contribution < -0.4 is 15.9 Å². The van der Waals surface area contributed by atoms with E-state index >= 15 is 0 Å². The zero-order valence-corrected chi connectivity index (χ0v) is 15.9. The molecule has 0 saturated heterocycles. The first-order valence-corrected chi connectivity index (χ1v) is 9.45. The third-order valence-electron chi connectivity index (χ3n) is 3.70. The number of benzene rings is 2. The van der Waals surface area contributed by atoms with E-state index in [1.54, 1.807) is 24.3 Å². The van der Waals surface area contributed by atoms with Crippen LogP contribution in [0.4, 0.5) is 5.69 Å². The van der Waals surface area contributed by atoms with Gasteiger partial charge >= 0.3 is 0 Å². The molecule has 3 aromatic rings. The van der Waals surface area contributed by atoms with Gasteiger partial charge in [0, 0.05) is 11.3 Å². The largest absolute Gasteiger partial charge is 0.494 e. The van der Waals surface area contributed by atoms with Gasteiger partial charge in [-0.1, -0.05) is 17.8 Å². The van der Waals surface area contributed by atoms with Crippen molar-refractivity contribution >= 4 is 23.4 Å². The molecule has 0 unspecified atom stereocenters. The van der Waals surface area contributed by atoms with E-state index < -0.39 is 0 Å². The summed E-state index contributed by atoms with van der Waals surface area (Å²) in [6, 6.07) is 16.1. The molecule has 0 aliphatic heterocycles. The standard InChI is InChI=1S/C19H18N6O2S/c1-2-27-16-8-6-14(7-9-16)18-23-24-19(25(18)21)28-12-17(26)22-15-5-3-4-13(10-15)11-20/h3-10H,2,12,21H2,1H3,(H,22,26). The van der Waals surface area contributed by atoms with Gasteiger partial charge in [-0.3, -0.25) is 4.79 Å². The summed E-state index contributed by atoms with van der Waals surface area (Å²) in [6.07, 6.45) is 0. The van der Waals surface area contributed by atoms with Gasteiger partial charge in [-0.15, -0.1) is 10.2 Å². The van der Waals surface area contributed by atoms with E-state index in [1.807, 2.05) is 37.3 Å². The molecule has 0 aliphatic rings. The summed E-state index contributed by atoms with van der Waals surface area (Å²) in [7, 11) is 0. The number of ether oxygens (including phenoxy) is 1. The monoisotopic (exact) mass is 394 g/mol. The number of nitrogens with two attached hydrogens (primary N) is 1. The third-order valence-corrected chi connectivity index (χ3v) is 4.64. The molecule has 0 radical (unpaired) electrons. The van der Waals surface area contributed by atoms with Crippen LogP contribution in [0, 0.1) is 11.3 Å². The highest BCUT2D eigenvalue weighted by molar-refractivity contribution is 7.99. The van der Waals surface area contributed by atoms with Crippen LogP contribution >= 0.6 is 11.8 Å². The number of nitriles is 1. The van der Waals surface area contributed by atoms with Crippen molar-refractivity contribution in [3.05, 3.63) is 54.1 Å². The average molecular weight is 394 g/mol. The third kappa shape index (κ3) is 4.61. The number of amides is 1. The molecule has 0 atom stereocenters. The maximum Gasteiger partial charge on any atom is 0.234 e. The van der Waals surface area contributed by atoms with Crippen LogP contribution in [0.15, 0.2) is 53.7 Å². The van der Waals surface area contributed by atoms with Gasteiger partial charge in [0.1, 0.15) is 5.75 Å². The lowest BCUT2D eigenvalue weighted by Crippen LogP contribution is -2.16. The Kier molecular flexibility index (Phi) is 6.14. The van der Waals surface area contributed by atoms with E-state index in [0.29, 0.717) is 28.8 Å². The second-order valence-corrected chi connectivity index (χ2v) is 6.61. The molecule has 9 heteroatoms. The molecular weight excluding hydrogens is 376 g/mol. The molecule has 3 rings (SSSR count). The van der Waals surface area contributed by atoms with Gasteiger partial charge in [-0.2, -0.15) is 5.26 Å². The maximum absolute atomic E-state index is 12.1. The van der Waals surface area contributed by atoms with Crippen molar-refractivity contribution in [2.24, 2.45) is 0 Å². The van der Waals surface area contributed by atoms with Crippen LogP contribution in [0.1, 0.15) is 12.5 Å². The molecule has 0 bridgehead atoms. The number of nitrogens with zero attached hydrogens (tertiary/aromatic N) is 4. The first-order valence-electron chi connectivity index (χ1n) is 8.47. The van der Waals surface area contributed by atoms with Gasteiger partial charge in [0.05, 0.1) is 24.0 Å². The quantitative estimate of drug-likeness (QED) is 0.467. The topological polar surface area (TPSA) is 119 Å². The van der Waals surface area contributed by atoms with Gasteiger partial charge in [0.25, 0.3) is 0 Å². The lowest BCUT2D eigenvalue weighted by molar-refractivity contribution is -0.113. The van der Waals surface area contributed by atoms with E-state index in [0.717, 1.165) is 11.3 Å². The zero-order chi connectivity index (χ0) is 19.9. The fourth-order valence-corrected chi connectivity index (χ4v) is 3.09. The molecule has 0 fully saturated rings. The maximum atomic E-state index is 12.1. The number of hydrogen-bond donors (Lipinski definition) is 2. The van der Waals surface area contributed by atoms with Gasteiger partial charge in [-0.25, -0.2) is 4.68 Å². The molecular formula is C19H18N6O2S. The molecule has 1 aromatic heterocycles. The Morgan fingerprint density at radius 1 is 1.29 bits per heavy atom. The number of carbonyl (C=O) groups is 1. The number of anilines is 1. The fraction of sp³-hybridized carbons (Fsp3) is 0.158. The number of hydrogen-bond acceptors (Lipinski definition) is 7. The Hall–Kier alpha value is -3.51. The molecule has 2 aromatic carbocycles. The van der Waals surface area contributed by atoms with Crippen LogP contribution in [0.5, 0.6) is 5.75 Å². The number of carbonyl (C=O) groups excluding carboxylic acids is 1. The first kappa shape index (κ1) is 19.3. The van der Waals surface area contributed by atoms with E-state index in [-0.39, 0.29) is 11.7 Å². The molecule has 142 valence electrons. The van der Waals surface area contributed by atoms with Crippen LogP contribution in [-0.2, 0) is 4.79 Å². The SMILES string of the molecule is CCOc1ccc(-c2nnc(SCC(=O)Nc3cccc(C#N)c3)n2N)cc1. The number of nitrogens with one attached hydrogen (secondary N) is 1. The van der Waals surface area contributed by atoms with Gasteiger partial charge < -0.3 is 15.9 Å². The Bertz CT molecular complexity index is 1010. The summed E-state index contributed by atoms with van der Waals surface area (Å²) in [6.45, 7) is 2.51. The van der Waals surface area contributed by atoms with Crippen molar-refractivity contribution in [3.8, 4) is 23.2 Å². The Labute approximate surface area is 166 Å². The number of rotatable bonds is 7. The molecule has 28 heavy (non-hydrogen) atoms. The minimum absolute atomic E-state index is 0.107. The molecule has 1 amide bonds. The lowest BCUT2D eigenvalue weighted by Gasteiger charge is -2.06. The number of thioether (sulfide) groups is 1.